The zero-order chi connectivity index (χ0) is 15.4. The number of carboxylic acids is 1. The number of rotatable bonds is 5. The van der Waals surface area contributed by atoms with Gasteiger partial charge < -0.3 is 19.9 Å². The number of hydrogen-bond acceptors (Lipinski definition) is 5. The van der Waals surface area contributed by atoms with Gasteiger partial charge in [-0.15, -0.1) is 0 Å². The fourth-order valence-corrected chi connectivity index (χ4v) is 2.63. The second-order valence-electron chi connectivity index (χ2n) is 5.29. The van der Waals surface area contributed by atoms with Crippen LogP contribution in [0.15, 0.2) is 17.1 Å². The number of likely N-dealkylation sites (tertiary alicyclic amines) is 1. The van der Waals surface area contributed by atoms with Crippen LogP contribution in [-0.2, 0) is 11.3 Å². The van der Waals surface area contributed by atoms with Crippen LogP contribution in [0.5, 0.6) is 5.75 Å². The van der Waals surface area contributed by atoms with Crippen molar-refractivity contribution in [1.29, 1.82) is 0 Å². The molecule has 1 aromatic heterocycles. The molecule has 1 aromatic rings. The van der Waals surface area contributed by atoms with E-state index in [0.717, 1.165) is 32.1 Å². The van der Waals surface area contributed by atoms with E-state index in [1.54, 1.807) is 0 Å². The molecule has 3 N–H and O–H groups in total. The monoisotopic (exact) mass is 296 g/mol. The fraction of sp³-hybridized carbons (Fsp3) is 0.571. The highest BCUT2D eigenvalue weighted by atomic mass is 16.4. The molecule has 2 heterocycles. The first-order chi connectivity index (χ1) is 10.0. The predicted molar refractivity (Wildman–Crippen MR) is 75.3 cm³/mol. The quantitative estimate of drug-likeness (QED) is 0.715. The zero-order valence-electron chi connectivity index (χ0n) is 11.7. The van der Waals surface area contributed by atoms with Crippen LogP contribution in [0, 0.1) is 0 Å². The van der Waals surface area contributed by atoms with Gasteiger partial charge in [0.15, 0.2) is 11.8 Å². The number of nitrogens with zero attached hydrogens (tertiary/aromatic N) is 2. The molecule has 0 amide bonds. The summed E-state index contributed by atoms with van der Waals surface area (Å²) < 4.78 is 1.27. The molecule has 21 heavy (non-hydrogen) atoms. The number of aliphatic hydroxyl groups is 1. The van der Waals surface area contributed by atoms with E-state index < -0.39 is 29.8 Å². The number of aliphatic hydroxyl groups excluding tert-OH is 1. The lowest BCUT2D eigenvalue weighted by Gasteiger charge is -2.28. The summed E-state index contributed by atoms with van der Waals surface area (Å²) in [7, 11) is 0. The van der Waals surface area contributed by atoms with E-state index in [4.69, 9.17) is 5.11 Å². The van der Waals surface area contributed by atoms with E-state index in [-0.39, 0.29) is 0 Å². The Morgan fingerprint density at radius 3 is 2.52 bits per heavy atom. The lowest BCUT2D eigenvalue weighted by molar-refractivity contribution is -0.142. The normalized spacial score (nSPS) is 17.6. The molecule has 0 saturated carbocycles. The van der Waals surface area contributed by atoms with Crippen molar-refractivity contribution in [2.24, 2.45) is 0 Å². The van der Waals surface area contributed by atoms with Crippen molar-refractivity contribution >= 4 is 5.97 Å². The summed E-state index contributed by atoms with van der Waals surface area (Å²) in [5, 5.41) is 28.0. The number of hydrogen-bond donors (Lipinski definition) is 3. The molecule has 7 nitrogen and oxygen atoms in total. The fourth-order valence-electron chi connectivity index (χ4n) is 2.63. The molecule has 1 atom stereocenters. The van der Waals surface area contributed by atoms with Gasteiger partial charge in [-0.25, -0.2) is 4.79 Å². The Bertz CT molecular complexity index is 563. The van der Waals surface area contributed by atoms with Crippen molar-refractivity contribution in [1.82, 2.24) is 9.47 Å². The molecule has 1 fully saturated rings. The number of aromatic nitrogens is 1. The van der Waals surface area contributed by atoms with Crippen LogP contribution in [0.25, 0.3) is 0 Å². The van der Waals surface area contributed by atoms with Gasteiger partial charge in [0.25, 0.3) is 0 Å². The van der Waals surface area contributed by atoms with Gasteiger partial charge in [0.2, 0.25) is 5.43 Å². The van der Waals surface area contributed by atoms with Crippen molar-refractivity contribution < 1.29 is 20.1 Å². The average Bonchev–Trinajstić information content (AvgIpc) is 2.45. The van der Waals surface area contributed by atoms with E-state index in [9.17, 15) is 19.8 Å². The first-order valence-electron chi connectivity index (χ1n) is 7.03. The number of carboxylic acid groups (broad SMARTS) is 1. The molecule has 1 aliphatic heterocycles. The largest absolute Gasteiger partial charge is 0.503 e. The van der Waals surface area contributed by atoms with Crippen LogP contribution in [0.1, 0.15) is 31.0 Å². The highest BCUT2D eigenvalue weighted by Crippen LogP contribution is 2.17. The van der Waals surface area contributed by atoms with Gasteiger partial charge in [0.05, 0.1) is 12.8 Å². The van der Waals surface area contributed by atoms with Gasteiger partial charge >= 0.3 is 5.97 Å². The van der Waals surface area contributed by atoms with Gasteiger partial charge in [-0.1, -0.05) is 6.42 Å². The first kappa shape index (κ1) is 15.5. The minimum absolute atomic E-state index is 0.430. The highest BCUT2D eigenvalue weighted by Gasteiger charge is 2.22. The lowest BCUT2D eigenvalue weighted by Crippen LogP contribution is -2.33. The van der Waals surface area contributed by atoms with Crippen molar-refractivity contribution in [2.45, 2.75) is 31.8 Å². The number of pyridine rings is 1. The Morgan fingerprint density at radius 1 is 1.29 bits per heavy atom. The van der Waals surface area contributed by atoms with Gasteiger partial charge in [-0.2, -0.15) is 0 Å². The number of aliphatic carboxylic acids is 1. The third kappa shape index (κ3) is 3.62. The minimum Gasteiger partial charge on any atom is -0.503 e. The molecule has 7 heteroatoms. The molecule has 0 radical (unpaired) electrons. The van der Waals surface area contributed by atoms with Crippen LogP contribution in [0.4, 0.5) is 0 Å². The molecular weight excluding hydrogens is 276 g/mol. The molecule has 2 rings (SSSR count). The summed E-state index contributed by atoms with van der Waals surface area (Å²) in [4.78, 5) is 25.0. The van der Waals surface area contributed by atoms with Crippen LogP contribution in [0.2, 0.25) is 0 Å². The highest BCUT2D eigenvalue weighted by molar-refractivity contribution is 5.72. The third-order valence-electron chi connectivity index (χ3n) is 3.77. The Kier molecular flexibility index (Phi) is 4.98. The van der Waals surface area contributed by atoms with E-state index in [1.807, 2.05) is 0 Å². The van der Waals surface area contributed by atoms with E-state index >= 15 is 0 Å². The molecule has 1 saturated heterocycles. The standard InChI is InChI=1S/C14H20N2O5/c17-9-11(14(20)21)16-8-13(19)12(18)6-10(16)7-15-4-2-1-3-5-15/h6,8,11,17,19H,1-5,7,9H2,(H,20,21). The zero-order valence-corrected chi connectivity index (χ0v) is 11.7. The van der Waals surface area contributed by atoms with Gasteiger partial charge in [-0.3, -0.25) is 9.69 Å². The topological polar surface area (TPSA) is 103 Å². The average molecular weight is 296 g/mol. The van der Waals surface area contributed by atoms with Crippen molar-refractivity contribution in [3.05, 3.63) is 28.2 Å². The van der Waals surface area contributed by atoms with Crippen LogP contribution in [-0.4, -0.2) is 50.5 Å². The lowest BCUT2D eigenvalue weighted by atomic mass is 10.1. The van der Waals surface area contributed by atoms with Crippen LogP contribution >= 0.6 is 0 Å². The number of piperidine rings is 1. The number of aromatic hydroxyl groups is 1. The second-order valence-corrected chi connectivity index (χ2v) is 5.29. The summed E-state index contributed by atoms with van der Waals surface area (Å²) in [6.07, 6.45) is 4.42. The van der Waals surface area contributed by atoms with Crippen LogP contribution in [0.3, 0.4) is 0 Å². The van der Waals surface area contributed by atoms with Gasteiger partial charge in [-0.05, 0) is 25.9 Å². The maximum Gasteiger partial charge on any atom is 0.329 e. The molecule has 1 aliphatic rings. The molecular formula is C14H20N2O5. The smallest absolute Gasteiger partial charge is 0.329 e. The predicted octanol–water partition coefficient (Wildman–Crippen LogP) is 0.158. The third-order valence-corrected chi connectivity index (χ3v) is 3.77. The minimum atomic E-state index is -1.21. The van der Waals surface area contributed by atoms with Gasteiger partial charge in [0.1, 0.15) is 0 Å². The number of carbonyl (C=O) groups is 1. The Labute approximate surface area is 122 Å². The van der Waals surface area contributed by atoms with Crippen molar-refractivity contribution in [3.63, 3.8) is 0 Å². The summed E-state index contributed by atoms with van der Waals surface area (Å²) in [6.45, 7) is 1.61. The van der Waals surface area contributed by atoms with E-state index in [0.29, 0.717) is 12.2 Å². The summed E-state index contributed by atoms with van der Waals surface area (Å²) >= 11 is 0. The molecule has 0 spiro atoms. The molecule has 116 valence electrons. The van der Waals surface area contributed by atoms with Crippen molar-refractivity contribution in [2.75, 3.05) is 19.7 Å². The molecule has 0 aromatic carbocycles. The maximum absolute atomic E-state index is 11.6. The summed E-state index contributed by atoms with van der Waals surface area (Å²) in [6, 6.07) is 0.0338. The second kappa shape index (κ2) is 6.73. The SMILES string of the molecule is O=C(O)C(CO)n1cc(O)c(=O)cc1CN1CCCCC1. The molecule has 0 aliphatic carbocycles. The summed E-state index contributed by atoms with van der Waals surface area (Å²) in [5.41, 5.74) is -0.0542. The first-order valence-corrected chi connectivity index (χ1v) is 7.03. The van der Waals surface area contributed by atoms with E-state index in [1.165, 1.54) is 17.1 Å². The van der Waals surface area contributed by atoms with Crippen LogP contribution < -0.4 is 5.43 Å². The Hall–Kier alpha value is -1.86. The molecule has 1 unspecified atom stereocenters. The van der Waals surface area contributed by atoms with Gasteiger partial charge in [0, 0.05) is 18.3 Å². The Balaban J connectivity index is 2.35. The Morgan fingerprint density at radius 2 is 1.95 bits per heavy atom. The maximum atomic E-state index is 11.6. The van der Waals surface area contributed by atoms with Crippen molar-refractivity contribution in [3.8, 4) is 5.75 Å². The summed E-state index contributed by atoms with van der Waals surface area (Å²) in [5.74, 6) is -1.72. The molecule has 0 bridgehead atoms. The van der Waals surface area contributed by atoms with E-state index in [2.05, 4.69) is 4.90 Å².